The van der Waals surface area contributed by atoms with Crippen LogP contribution < -0.4 is 10.6 Å². The Labute approximate surface area is 107 Å². The third kappa shape index (κ3) is 3.58. The molecule has 1 heterocycles. The highest BCUT2D eigenvalue weighted by molar-refractivity contribution is 5.95. The molecule has 0 atom stereocenters. The molecule has 0 aliphatic heterocycles. The van der Waals surface area contributed by atoms with E-state index >= 15 is 0 Å². The smallest absolute Gasteiger partial charge is 0.271 e. The molecule has 2 N–H and O–H groups in total. The van der Waals surface area contributed by atoms with Gasteiger partial charge in [-0.25, -0.2) is 0 Å². The average molecular weight is 252 g/mol. The second kappa shape index (κ2) is 6.18. The van der Waals surface area contributed by atoms with Crippen molar-refractivity contribution in [3.05, 3.63) is 11.8 Å². The van der Waals surface area contributed by atoms with E-state index in [1.807, 2.05) is 6.92 Å². The van der Waals surface area contributed by atoms with Crippen molar-refractivity contribution in [1.82, 2.24) is 15.1 Å². The lowest BCUT2D eigenvalue weighted by molar-refractivity contribution is -0.118. The van der Waals surface area contributed by atoms with Crippen LogP contribution in [0.1, 0.15) is 37.7 Å². The van der Waals surface area contributed by atoms with Gasteiger partial charge in [-0.1, -0.05) is 20.8 Å². The number of carbonyl (C=O) groups excluding carboxylic acids is 2. The molecule has 0 spiro atoms. The molecule has 1 aromatic heterocycles. The zero-order valence-electron chi connectivity index (χ0n) is 11.3. The number of nitrogens with zero attached hydrogens (tertiary/aromatic N) is 2. The predicted octanol–water partition coefficient (Wildman–Crippen LogP) is 1.15. The molecule has 0 aliphatic carbocycles. The van der Waals surface area contributed by atoms with Gasteiger partial charge in [0.25, 0.3) is 5.91 Å². The number of aromatic nitrogens is 2. The van der Waals surface area contributed by atoms with Gasteiger partial charge in [0.05, 0.1) is 0 Å². The monoisotopic (exact) mass is 252 g/mol. The second-order valence-electron chi connectivity index (χ2n) is 4.44. The van der Waals surface area contributed by atoms with Gasteiger partial charge in [0, 0.05) is 25.6 Å². The molecule has 0 radical (unpaired) electrons. The zero-order chi connectivity index (χ0) is 13.7. The minimum Gasteiger partial charge on any atom is -0.351 e. The fourth-order valence-corrected chi connectivity index (χ4v) is 1.29. The lowest BCUT2D eigenvalue weighted by Gasteiger charge is -2.06. The number of anilines is 1. The van der Waals surface area contributed by atoms with E-state index in [0.29, 0.717) is 18.1 Å². The predicted molar refractivity (Wildman–Crippen MR) is 69.3 cm³/mol. The summed E-state index contributed by atoms with van der Waals surface area (Å²) in [5, 5.41) is 9.53. The summed E-state index contributed by atoms with van der Waals surface area (Å²) in [4.78, 5) is 23.3. The average Bonchev–Trinajstić information content (AvgIpc) is 2.67. The Bertz CT molecular complexity index is 437. The van der Waals surface area contributed by atoms with Crippen LogP contribution in [-0.4, -0.2) is 28.1 Å². The molecule has 1 aromatic rings. The highest BCUT2D eigenvalue weighted by Crippen LogP contribution is 2.10. The minimum atomic E-state index is -0.225. The Morgan fingerprint density at radius 3 is 2.67 bits per heavy atom. The van der Waals surface area contributed by atoms with Crippen LogP contribution in [0.5, 0.6) is 0 Å². The molecule has 0 aromatic carbocycles. The van der Waals surface area contributed by atoms with E-state index in [1.54, 1.807) is 27.0 Å². The lowest BCUT2D eigenvalue weighted by Crippen LogP contribution is -2.24. The molecule has 0 bridgehead atoms. The van der Waals surface area contributed by atoms with Gasteiger partial charge >= 0.3 is 0 Å². The van der Waals surface area contributed by atoms with Crippen LogP contribution in [0.2, 0.25) is 0 Å². The molecule has 0 unspecified atom stereocenters. The Hall–Kier alpha value is -1.85. The molecule has 6 nitrogen and oxygen atoms in total. The molecular weight excluding hydrogens is 232 g/mol. The number of aryl methyl sites for hydroxylation is 1. The molecule has 1 rings (SSSR count). The van der Waals surface area contributed by atoms with E-state index in [4.69, 9.17) is 0 Å². The molecule has 0 saturated carbocycles. The van der Waals surface area contributed by atoms with E-state index in [9.17, 15) is 9.59 Å². The standard InChI is InChI=1S/C12H20N4O2/c1-5-6-13-12(18)9-7-10(16(4)15-9)14-11(17)8(2)3/h7-8H,5-6H2,1-4H3,(H,13,18)(H,14,17). The molecular formula is C12H20N4O2. The van der Waals surface area contributed by atoms with E-state index in [2.05, 4.69) is 15.7 Å². The highest BCUT2D eigenvalue weighted by atomic mass is 16.2. The molecule has 2 amide bonds. The lowest BCUT2D eigenvalue weighted by atomic mass is 10.2. The maximum Gasteiger partial charge on any atom is 0.271 e. The van der Waals surface area contributed by atoms with Crippen molar-refractivity contribution >= 4 is 17.6 Å². The zero-order valence-corrected chi connectivity index (χ0v) is 11.3. The molecule has 0 fully saturated rings. The van der Waals surface area contributed by atoms with Gasteiger partial charge < -0.3 is 10.6 Å². The maximum absolute atomic E-state index is 11.7. The van der Waals surface area contributed by atoms with Gasteiger partial charge in [0.1, 0.15) is 5.82 Å². The van der Waals surface area contributed by atoms with Gasteiger partial charge in [-0.2, -0.15) is 5.10 Å². The number of hydrogen-bond donors (Lipinski definition) is 2. The summed E-state index contributed by atoms with van der Waals surface area (Å²) < 4.78 is 1.49. The van der Waals surface area contributed by atoms with Crippen molar-refractivity contribution in [3.8, 4) is 0 Å². The van der Waals surface area contributed by atoms with Crippen molar-refractivity contribution in [2.75, 3.05) is 11.9 Å². The second-order valence-corrected chi connectivity index (χ2v) is 4.44. The maximum atomic E-state index is 11.7. The largest absolute Gasteiger partial charge is 0.351 e. The number of carbonyl (C=O) groups is 2. The minimum absolute atomic E-state index is 0.0986. The molecule has 100 valence electrons. The van der Waals surface area contributed by atoms with Gasteiger partial charge in [0.15, 0.2) is 5.69 Å². The van der Waals surface area contributed by atoms with Gasteiger partial charge in [0.2, 0.25) is 5.91 Å². The van der Waals surface area contributed by atoms with Crippen LogP contribution in [0, 0.1) is 5.92 Å². The fourth-order valence-electron chi connectivity index (χ4n) is 1.29. The number of amides is 2. The first-order valence-corrected chi connectivity index (χ1v) is 6.08. The van der Waals surface area contributed by atoms with Crippen molar-refractivity contribution in [2.24, 2.45) is 13.0 Å². The van der Waals surface area contributed by atoms with Crippen LogP contribution in [-0.2, 0) is 11.8 Å². The fraction of sp³-hybridized carbons (Fsp3) is 0.583. The topological polar surface area (TPSA) is 76.0 Å². The van der Waals surface area contributed by atoms with Gasteiger partial charge in [-0.15, -0.1) is 0 Å². The summed E-state index contributed by atoms with van der Waals surface area (Å²) in [6.45, 7) is 6.21. The Morgan fingerprint density at radius 1 is 1.44 bits per heavy atom. The number of nitrogens with one attached hydrogen (secondary N) is 2. The summed E-state index contributed by atoms with van der Waals surface area (Å²) in [5.41, 5.74) is 0.310. The van der Waals surface area contributed by atoms with Crippen LogP contribution in [0.15, 0.2) is 6.07 Å². The van der Waals surface area contributed by atoms with Crippen molar-refractivity contribution < 1.29 is 9.59 Å². The quantitative estimate of drug-likeness (QED) is 0.825. The summed E-state index contributed by atoms with van der Waals surface area (Å²) >= 11 is 0. The number of rotatable bonds is 5. The molecule has 0 saturated heterocycles. The third-order valence-electron chi connectivity index (χ3n) is 2.42. The Morgan fingerprint density at radius 2 is 2.11 bits per heavy atom. The van der Waals surface area contributed by atoms with E-state index < -0.39 is 0 Å². The summed E-state index contributed by atoms with van der Waals surface area (Å²) in [5.74, 6) is 0.0867. The van der Waals surface area contributed by atoms with Crippen molar-refractivity contribution in [3.63, 3.8) is 0 Å². The Balaban J connectivity index is 2.75. The van der Waals surface area contributed by atoms with Gasteiger partial charge in [-0.05, 0) is 6.42 Å². The molecule has 0 aliphatic rings. The van der Waals surface area contributed by atoms with Crippen molar-refractivity contribution in [1.29, 1.82) is 0 Å². The van der Waals surface area contributed by atoms with Crippen LogP contribution >= 0.6 is 0 Å². The normalized spacial score (nSPS) is 10.5. The van der Waals surface area contributed by atoms with E-state index in [1.165, 1.54) is 4.68 Å². The first-order valence-electron chi connectivity index (χ1n) is 6.08. The first-order chi connectivity index (χ1) is 8.45. The van der Waals surface area contributed by atoms with Crippen LogP contribution in [0.25, 0.3) is 0 Å². The van der Waals surface area contributed by atoms with Gasteiger partial charge in [-0.3, -0.25) is 14.3 Å². The Kier molecular flexibility index (Phi) is 4.88. The summed E-state index contributed by atoms with van der Waals surface area (Å²) in [6, 6.07) is 1.57. The van der Waals surface area contributed by atoms with Crippen molar-refractivity contribution in [2.45, 2.75) is 27.2 Å². The van der Waals surface area contributed by atoms with E-state index in [-0.39, 0.29) is 17.7 Å². The third-order valence-corrected chi connectivity index (χ3v) is 2.42. The van der Waals surface area contributed by atoms with Crippen LogP contribution in [0.4, 0.5) is 5.82 Å². The number of hydrogen-bond acceptors (Lipinski definition) is 3. The molecule has 18 heavy (non-hydrogen) atoms. The van der Waals surface area contributed by atoms with E-state index in [0.717, 1.165) is 6.42 Å². The molecule has 6 heteroatoms. The SMILES string of the molecule is CCCNC(=O)c1cc(NC(=O)C(C)C)n(C)n1. The summed E-state index contributed by atoms with van der Waals surface area (Å²) in [6.07, 6.45) is 0.871. The first kappa shape index (κ1) is 14.2. The highest BCUT2D eigenvalue weighted by Gasteiger charge is 2.15. The summed E-state index contributed by atoms with van der Waals surface area (Å²) in [7, 11) is 1.69. The van der Waals surface area contributed by atoms with Crippen LogP contribution in [0.3, 0.4) is 0 Å².